The zero-order chi connectivity index (χ0) is 17.6. The quantitative estimate of drug-likeness (QED) is 0.840. The molecule has 0 radical (unpaired) electrons. The number of aromatic nitrogens is 2. The van der Waals surface area contributed by atoms with E-state index in [1.165, 1.54) is 5.69 Å². The van der Waals surface area contributed by atoms with Crippen molar-refractivity contribution in [2.24, 2.45) is 5.92 Å². The van der Waals surface area contributed by atoms with Crippen molar-refractivity contribution in [2.45, 2.75) is 39.3 Å². The number of benzene rings is 1. The summed E-state index contributed by atoms with van der Waals surface area (Å²) >= 11 is 0. The van der Waals surface area contributed by atoms with E-state index in [1.807, 2.05) is 37.3 Å². The van der Waals surface area contributed by atoms with Crippen molar-refractivity contribution >= 4 is 0 Å². The second kappa shape index (κ2) is 8.50. The van der Waals surface area contributed by atoms with Gasteiger partial charge in [-0.3, -0.25) is 4.68 Å². The standard InChI is InChI=1S/C20H29N3O2/c1-16-12-17(2)23(21-16)13-18-8-10-22(11-9-18)14-19(24)15-25-20-6-4-3-5-7-20/h3-7,12,18-19,24H,8-11,13-15H2,1-2H3/t19-/m1/s1. The lowest BCUT2D eigenvalue weighted by molar-refractivity contribution is 0.0533. The Labute approximate surface area is 150 Å². The van der Waals surface area contributed by atoms with E-state index in [0.717, 1.165) is 43.9 Å². The fraction of sp³-hybridized carbons (Fsp3) is 0.550. The summed E-state index contributed by atoms with van der Waals surface area (Å²) in [5.41, 5.74) is 2.34. The summed E-state index contributed by atoms with van der Waals surface area (Å²) in [5.74, 6) is 1.48. The highest BCUT2D eigenvalue weighted by Crippen LogP contribution is 2.20. The van der Waals surface area contributed by atoms with Crippen LogP contribution in [0.25, 0.3) is 0 Å². The molecule has 1 aromatic heterocycles. The molecule has 1 N–H and O–H groups in total. The number of rotatable bonds is 7. The highest BCUT2D eigenvalue weighted by molar-refractivity contribution is 5.20. The van der Waals surface area contributed by atoms with Gasteiger partial charge in [0.25, 0.3) is 0 Å². The Balaban J connectivity index is 1.38. The molecule has 1 aliphatic heterocycles. The van der Waals surface area contributed by atoms with Crippen LogP contribution in [-0.2, 0) is 6.54 Å². The van der Waals surface area contributed by atoms with E-state index in [2.05, 4.69) is 27.7 Å². The van der Waals surface area contributed by atoms with Gasteiger partial charge in [-0.05, 0) is 63.9 Å². The highest BCUT2D eigenvalue weighted by Gasteiger charge is 2.22. The summed E-state index contributed by atoms with van der Waals surface area (Å²) in [4.78, 5) is 2.34. The van der Waals surface area contributed by atoms with Crippen LogP contribution in [0.4, 0.5) is 0 Å². The first-order valence-corrected chi connectivity index (χ1v) is 9.19. The van der Waals surface area contributed by atoms with Gasteiger partial charge < -0.3 is 14.7 Å². The number of hydrogen-bond donors (Lipinski definition) is 1. The third kappa shape index (κ3) is 5.31. The van der Waals surface area contributed by atoms with E-state index in [9.17, 15) is 5.11 Å². The molecule has 0 aliphatic carbocycles. The molecule has 1 atom stereocenters. The third-order valence-corrected chi connectivity index (χ3v) is 4.90. The molecule has 5 heteroatoms. The Hall–Kier alpha value is -1.85. The predicted molar refractivity (Wildman–Crippen MR) is 98.8 cm³/mol. The first-order valence-electron chi connectivity index (χ1n) is 9.19. The van der Waals surface area contributed by atoms with Gasteiger partial charge in [0.1, 0.15) is 18.5 Å². The first-order chi connectivity index (χ1) is 12.1. The number of aliphatic hydroxyl groups excluding tert-OH is 1. The van der Waals surface area contributed by atoms with Crippen molar-refractivity contribution in [1.82, 2.24) is 14.7 Å². The van der Waals surface area contributed by atoms with Crippen LogP contribution in [0.1, 0.15) is 24.2 Å². The summed E-state index contributed by atoms with van der Waals surface area (Å²) in [6.45, 7) is 8.27. The summed E-state index contributed by atoms with van der Waals surface area (Å²) in [6.07, 6.45) is 1.86. The molecule has 1 fully saturated rings. The molecule has 1 aliphatic rings. The normalized spacial score (nSPS) is 17.6. The number of para-hydroxylation sites is 1. The van der Waals surface area contributed by atoms with Crippen molar-refractivity contribution in [3.63, 3.8) is 0 Å². The summed E-state index contributed by atoms with van der Waals surface area (Å²) < 4.78 is 7.77. The molecule has 2 aromatic rings. The van der Waals surface area contributed by atoms with Crippen LogP contribution in [0, 0.1) is 19.8 Å². The van der Waals surface area contributed by atoms with E-state index >= 15 is 0 Å². The van der Waals surface area contributed by atoms with E-state index in [1.54, 1.807) is 0 Å². The molecule has 0 bridgehead atoms. The average Bonchev–Trinajstić information content (AvgIpc) is 2.93. The van der Waals surface area contributed by atoms with Crippen LogP contribution < -0.4 is 4.74 Å². The average molecular weight is 343 g/mol. The van der Waals surface area contributed by atoms with Crippen LogP contribution in [0.5, 0.6) is 5.75 Å². The number of likely N-dealkylation sites (tertiary alicyclic amines) is 1. The maximum Gasteiger partial charge on any atom is 0.119 e. The molecule has 1 aromatic carbocycles. The smallest absolute Gasteiger partial charge is 0.119 e. The van der Waals surface area contributed by atoms with Crippen LogP contribution in [-0.4, -0.2) is 52.1 Å². The number of hydrogen-bond acceptors (Lipinski definition) is 4. The zero-order valence-corrected chi connectivity index (χ0v) is 15.3. The maximum absolute atomic E-state index is 10.2. The number of aryl methyl sites for hydroxylation is 2. The van der Waals surface area contributed by atoms with Gasteiger partial charge in [0.05, 0.1) is 5.69 Å². The second-order valence-electron chi connectivity index (χ2n) is 7.13. The fourth-order valence-corrected chi connectivity index (χ4v) is 3.52. The Morgan fingerprint density at radius 2 is 1.92 bits per heavy atom. The number of β-amino-alcohol motifs (C(OH)–C–C–N with tert-alkyl or cyclic N) is 1. The summed E-state index contributed by atoms with van der Waals surface area (Å²) in [7, 11) is 0. The van der Waals surface area contributed by atoms with E-state index in [-0.39, 0.29) is 0 Å². The van der Waals surface area contributed by atoms with Gasteiger partial charge >= 0.3 is 0 Å². The Morgan fingerprint density at radius 3 is 2.56 bits per heavy atom. The summed E-state index contributed by atoms with van der Waals surface area (Å²) in [5, 5.41) is 14.8. The van der Waals surface area contributed by atoms with Gasteiger partial charge in [-0.25, -0.2) is 0 Å². The maximum atomic E-state index is 10.2. The SMILES string of the molecule is Cc1cc(C)n(CC2CCN(C[C@@H](O)COc3ccccc3)CC2)n1. The second-order valence-corrected chi connectivity index (χ2v) is 7.13. The van der Waals surface area contributed by atoms with Crippen LogP contribution in [0.3, 0.4) is 0 Å². The Morgan fingerprint density at radius 1 is 1.20 bits per heavy atom. The van der Waals surface area contributed by atoms with Gasteiger partial charge in [0, 0.05) is 18.8 Å². The zero-order valence-electron chi connectivity index (χ0n) is 15.3. The van der Waals surface area contributed by atoms with Gasteiger partial charge in [-0.15, -0.1) is 0 Å². The van der Waals surface area contributed by atoms with E-state index in [0.29, 0.717) is 19.1 Å². The molecule has 0 saturated carbocycles. The van der Waals surface area contributed by atoms with Gasteiger partial charge in [0.15, 0.2) is 0 Å². The first kappa shape index (κ1) is 18.0. The van der Waals surface area contributed by atoms with E-state index < -0.39 is 6.10 Å². The van der Waals surface area contributed by atoms with Crippen molar-refractivity contribution in [3.05, 3.63) is 47.8 Å². The number of ether oxygens (including phenoxy) is 1. The highest BCUT2D eigenvalue weighted by atomic mass is 16.5. The number of nitrogens with zero attached hydrogens (tertiary/aromatic N) is 3. The Bertz CT molecular complexity index is 648. The topological polar surface area (TPSA) is 50.5 Å². The van der Waals surface area contributed by atoms with Crippen molar-refractivity contribution in [3.8, 4) is 5.75 Å². The lowest BCUT2D eigenvalue weighted by Gasteiger charge is -2.33. The van der Waals surface area contributed by atoms with E-state index in [4.69, 9.17) is 4.74 Å². The van der Waals surface area contributed by atoms with Crippen molar-refractivity contribution in [1.29, 1.82) is 0 Å². The Kier molecular flexibility index (Phi) is 6.10. The van der Waals surface area contributed by atoms with Crippen molar-refractivity contribution < 1.29 is 9.84 Å². The number of aliphatic hydroxyl groups is 1. The predicted octanol–water partition coefficient (Wildman–Crippen LogP) is 2.65. The minimum Gasteiger partial charge on any atom is -0.491 e. The largest absolute Gasteiger partial charge is 0.491 e. The number of piperidine rings is 1. The lowest BCUT2D eigenvalue weighted by atomic mass is 9.96. The minimum atomic E-state index is -0.451. The van der Waals surface area contributed by atoms with Crippen LogP contribution in [0.2, 0.25) is 0 Å². The molecule has 0 unspecified atom stereocenters. The lowest BCUT2D eigenvalue weighted by Crippen LogP contribution is -2.41. The molecule has 1 saturated heterocycles. The molecule has 0 amide bonds. The summed E-state index contributed by atoms with van der Waals surface area (Å²) in [6, 6.07) is 11.8. The molecule has 5 nitrogen and oxygen atoms in total. The molecular weight excluding hydrogens is 314 g/mol. The minimum absolute atomic E-state index is 0.343. The van der Waals surface area contributed by atoms with Crippen molar-refractivity contribution in [2.75, 3.05) is 26.2 Å². The molecule has 3 rings (SSSR count). The fourth-order valence-electron chi connectivity index (χ4n) is 3.52. The van der Waals surface area contributed by atoms with Crippen LogP contribution >= 0.6 is 0 Å². The van der Waals surface area contributed by atoms with Crippen LogP contribution in [0.15, 0.2) is 36.4 Å². The monoisotopic (exact) mass is 343 g/mol. The van der Waals surface area contributed by atoms with Gasteiger partial charge in [-0.1, -0.05) is 18.2 Å². The molecule has 0 spiro atoms. The molecule has 25 heavy (non-hydrogen) atoms. The molecule has 2 heterocycles. The third-order valence-electron chi connectivity index (χ3n) is 4.90. The molecular formula is C20H29N3O2. The molecule has 136 valence electrons. The van der Waals surface area contributed by atoms with Gasteiger partial charge in [0.2, 0.25) is 0 Å². The van der Waals surface area contributed by atoms with Gasteiger partial charge in [-0.2, -0.15) is 5.10 Å².